The first-order valence-electron chi connectivity index (χ1n) is 6.49. The second-order valence-corrected chi connectivity index (χ2v) is 4.38. The van der Waals surface area contributed by atoms with Crippen molar-refractivity contribution in [3.63, 3.8) is 0 Å². The van der Waals surface area contributed by atoms with E-state index in [0.717, 1.165) is 24.9 Å². The number of benzene rings is 1. The van der Waals surface area contributed by atoms with E-state index < -0.39 is 0 Å². The van der Waals surface area contributed by atoms with Crippen LogP contribution in [0.3, 0.4) is 0 Å². The number of anilines is 1. The van der Waals surface area contributed by atoms with Gasteiger partial charge < -0.3 is 16.2 Å². The first-order valence-corrected chi connectivity index (χ1v) is 6.49. The molecule has 0 spiro atoms. The minimum absolute atomic E-state index is 0.214. The lowest BCUT2D eigenvalue weighted by atomic mass is 10.0. The summed E-state index contributed by atoms with van der Waals surface area (Å²) in [6.07, 6.45) is 2.96. The normalized spacial score (nSPS) is 13.3. The van der Waals surface area contributed by atoms with E-state index in [4.69, 9.17) is 10.8 Å². The summed E-state index contributed by atoms with van der Waals surface area (Å²) in [6, 6.07) is 9.73. The van der Waals surface area contributed by atoms with Gasteiger partial charge in [0.05, 0.1) is 0 Å². The molecule has 18 heavy (non-hydrogen) atoms. The number of nitrogens with zero attached hydrogens (tertiary/aromatic N) is 1. The van der Waals surface area contributed by atoms with Crippen LogP contribution in [0.1, 0.15) is 26.2 Å². The van der Waals surface area contributed by atoms with E-state index in [2.05, 4.69) is 17.2 Å². The van der Waals surface area contributed by atoms with Gasteiger partial charge in [-0.25, -0.2) is 0 Å². The highest BCUT2D eigenvalue weighted by molar-refractivity contribution is 5.92. The Bertz CT molecular complexity index is 345. The lowest BCUT2D eigenvalue weighted by Gasteiger charge is -2.12. The summed E-state index contributed by atoms with van der Waals surface area (Å²) >= 11 is 0. The fourth-order valence-corrected chi connectivity index (χ4v) is 1.85. The van der Waals surface area contributed by atoms with Crippen molar-refractivity contribution in [3.05, 3.63) is 30.3 Å². The Hall–Kier alpha value is -1.55. The zero-order valence-corrected chi connectivity index (χ0v) is 11.0. The summed E-state index contributed by atoms with van der Waals surface area (Å²) in [6.45, 7) is 3.02. The van der Waals surface area contributed by atoms with E-state index in [1.54, 1.807) is 0 Å². The Morgan fingerprint density at radius 3 is 2.67 bits per heavy atom. The number of hydrogen-bond donors (Lipinski definition) is 3. The molecule has 1 unspecified atom stereocenters. The first-order chi connectivity index (χ1) is 8.76. The van der Waals surface area contributed by atoms with Gasteiger partial charge in [0, 0.05) is 18.8 Å². The largest absolute Gasteiger partial charge is 0.396 e. The van der Waals surface area contributed by atoms with Crippen LogP contribution in [0.5, 0.6) is 0 Å². The number of hydrogen-bond acceptors (Lipinski definition) is 2. The highest BCUT2D eigenvalue weighted by atomic mass is 16.3. The molecule has 0 saturated heterocycles. The topological polar surface area (TPSA) is 70.6 Å². The molecule has 1 aromatic carbocycles. The Kier molecular flexibility index (Phi) is 6.87. The second-order valence-electron chi connectivity index (χ2n) is 4.38. The number of para-hydroxylation sites is 1. The molecular weight excluding hydrogens is 226 g/mol. The molecule has 100 valence electrons. The number of nitrogens with one attached hydrogen (secondary N) is 1. The number of aliphatic imine (C=N–C) groups is 1. The Balaban J connectivity index is 2.44. The van der Waals surface area contributed by atoms with Crippen LogP contribution in [-0.4, -0.2) is 24.2 Å². The SMILES string of the molecule is CCCC(CCO)CN=C(N)Nc1ccccc1. The van der Waals surface area contributed by atoms with Crippen molar-refractivity contribution in [2.24, 2.45) is 16.6 Å². The number of aliphatic hydroxyl groups excluding tert-OH is 1. The molecule has 0 bridgehead atoms. The molecular formula is C14H23N3O. The summed E-state index contributed by atoms with van der Waals surface area (Å²) < 4.78 is 0. The number of rotatable bonds is 7. The molecule has 0 saturated carbocycles. The van der Waals surface area contributed by atoms with Gasteiger partial charge in [-0.1, -0.05) is 31.5 Å². The van der Waals surface area contributed by atoms with Crippen LogP contribution in [0.25, 0.3) is 0 Å². The van der Waals surface area contributed by atoms with E-state index in [0.29, 0.717) is 18.4 Å². The Morgan fingerprint density at radius 1 is 1.33 bits per heavy atom. The molecule has 0 fully saturated rings. The summed E-state index contributed by atoms with van der Waals surface area (Å²) in [5.74, 6) is 0.844. The highest BCUT2D eigenvalue weighted by Gasteiger charge is 2.06. The van der Waals surface area contributed by atoms with Crippen LogP contribution in [0.15, 0.2) is 35.3 Å². The minimum atomic E-state index is 0.214. The lowest BCUT2D eigenvalue weighted by Crippen LogP contribution is -2.24. The molecule has 4 N–H and O–H groups in total. The van der Waals surface area contributed by atoms with E-state index >= 15 is 0 Å². The van der Waals surface area contributed by atoms with Gasteiger partial charge in [0.1, 0.15) is 0 Å². The van der Waals surface area contributed by atoms with Gasteiger partial charge >= 0.3 is 0 Å². The molecule has 0 aliphatic heterocycles. The number of aliphatic hydroxyl groups is 1. The second kappa shape index (κ2) is 8.53. The molecule has 0 amide bonds. The van der Waals surface area contributed by atoms with Crippen LogP contribution in [0, 0.1) is 5.92 Å². The maximum atomic E-state index is 8.97. The monoisotopic (exact) mass is 249 g/mol. The molecule has 4 nitrogen and oxygen atoms in total. The van der Waals surface area contributed by atoms with E-state index in [1.807, 2.05) is 30.3 Å². The molecule has 0 aromatic heterocycles. The van der Waals surface area contributed by atoms with Crippen LogP contribution >= 0.6 is 0 Å². The molecule has 0 aliphatic carbocycles. The van der Waals surface area contributed by atoms with Crippen molar-refractivity contribution < 1.29 is 5.11 Å². The number of guanidine groups is 1. The van der Waals surface area contributed by atoms with Gasteiger partial charge in [0.15, 0.2) is 5.96 Å². The fraction of sp³-hybridized carbons (Fsp3) is 0.500. The van der Waals surface area contributed by atoms with Gasteiger partial charge in [0.25, 0.3) is 0 Å². The standard InChI is InChI=1S/C14H23N3O/c1-2-6-12(9-10-18)11-16-14(15)17-13-7-4-3-5-8-13/h3-5,7-8,12,18H,2,6,9-11H2,1H3,(H3,15,16,17). The van der Waals surface area contributed by atoms with Crippen molar-refractivity contribution in [2.75, 3.05) is 18.5 Å². The van der Waals surface area contributed by atoms with Crippen LogP contribution in [-0.2, 0) is 0 Å². The third-order valence-corrected chi connectivity index (χ3v) is 2.80. The van der Waals surface area contributed by atoms with Crippen LogP contribution in [0.2, 0.25) is 0 Å². The van der Waals surface area contributed by atoms with Gasteiger partial charge in [-0.05, 0) is 30.9 Å². The Morgan fingerprint density at radius 2 is 2.06 bits per heavy atom. The van der Waals surface area contributed by atoms with Gasteiger partial charge in [-0.15, -0.1) is 0 Å². The molecule has 0 heterocycles. The zero-order valence-electron chi connectivity index (χ0n) is 11.0. The molecule has 1 atom stereocenters. The molecule has 1 rings (SSSR count). The van der Waals surface area contributed by atoms with E-state index in [-0.39, 0.29) is 6.61 Å². The van der Waals surface area contributed by atoms with Crippen molar-refractivity contribution in [3.8, 4) is 0 Å². The maximum Gasteiger partial charge on any atom is 0.193 e. The predicted octanol–water partition coefficient (Wildman–Crippen LogP) is 2.21. The minimum Gasteiger partial charge on any atom is -0.396 e. The third kappa shape index (κ3) is 5.68. The van der Waals surface area contributed by atoms with Gasteiger partial charge in [0.2, 0.25) is 0 Å². The van der Waals surface area contributed by atoms with E-state index in [9.17, 15) is 0 Å². The van der Waals surface area contributed by atoms with Crippen molar-refractivity contribution >= 4 is 11.6 Å². The van der Waals surface area contributed by atoms with Crippen LogP contribution < -0.4 is 11.1 Å². The molecule has 0 radical (unpaired) electrons. The average molecular weight is 249 g/mol. The van der Waals surface area contributed by atoms with Crippen LogP contribution in [0.4, 0.5) is 5.69 Å². The zero-order chi connectivity index (χ0) is 13.2. The summed E-state index contributed by atoms with van der Waals surface area (Å²) in [5, 5.41) is 12.0. The lowest BCUT2D eigenvalue weighted by molar-refractivity contribution is 0.253. The predicted molar refractivity (Wildman–Crippen MR) is 76.7 cm³/mol. The van der Waals surface area contributed by atoms with Crippen molar-refractivity contribution in [1.29, 1.82) is 0 Å². The summed E-state index contributed by atoms with van der Waals surface area (Å²) in [4.78, 5) is 4.33. The molecule has 4 heteroatoms. The van der Waals surface area contributed by atoms with Crippen molar-refractivity contribution in [1.82, 2.24) is 0 Å². The number of nitrogens with two attached hydrogens (primary N) is 1. The molecule has 1 aromatic rings. The van der Waals surface area contributed by atoms with Crippen molar-refractivity contribution in [2.45, 2.75) is 26.2 Å². The Labute approximate surface area is 109 Å². The first kappa shape index (κ1) is 14.5. The summed E-state index contributed by atoms with van der Waals surface area (Å²) in [7, 11) is 0. The van der Waals surface area contributed by atoms with Gasteiger partial charge in [-0.3, -0.25) is 4.99 Å². The van der Waals surface area contributed by atoms with E-state index in [1.165, 1.54) is 0 Å². The quantitative estimate of drug-likeness (QED) is 0.512. The molecule has 0 aliphatic rings. The third-order valence-electron chi connectivity index (χ3n) is 2.80. The smallest absolute Gasteiger partial charge is 0.193 e. The highest BCUT2D eigenvalue weighted by Crippen LogP contribution is 2.11. The fourth-order valence-electron chi connectivity index (χ4n) is 1.85. The average Bonchev–Trinajstić information content (AvgIpc) is 2.38. The maximum absolute atomic E-state index is 8.97. The van der Waals surface area contributed by atoms with Gasteiger partial charge in [-0.2, -0.15) is 0 Å². The summed E-state index contributed by atoms with van der Waals surface area (Å²) in [5.41, 5.74) is 6.76.